The van der Waals surface area contributed by atoms with Crippen molar-refractivity contribution in [2.24, 2.45) is 0 Å². The minimum Gasteiger partial charge on any atom is -0.437 e. The Morgan fingerprint density at radius 2 is 2.00 bits per heavy atom. The summed E-state index contributed by atoms with van der Waals surface area (Å²) in [5, 5.41) is 19.5. The van der Waals surface area contributed by atoms with Crippen LogP contribution in [0.5, 0.6) is 11.6 Å². The lowest BCUT2D eigenvalue weighted by Gasteiger charge is -2.08. The summed E-state index contributed by atoms with van der Waals surface area (Å²) in [6, 6.07) is 4.88. The molecule has 0 unspecified atom stereocenters. The molecule has 0 aliphatic carbocycles. The summed E-state index contributed by atoms with van der Waals surface area (Å²) in [5.41, 5.74) is 1.35. The fourth-order valence-corrected chi connectivity index (χ4v) is 1.62. The third kappa shape index (κ3) is 2.70. The van der Waals surface area contributed by atoms with Crippen LogP contribution in [0.4, 0.5) is 5.69 Å². The Morgan fingerprint density at radius 3 is 2.55 bits per heavy atom. The summed E-state index contributed by atoms with van der Waals surface area (Å²) in [4.78, 5) is 18.2. The highest BCUT2D eigenvalue weighted by molar-refractivity contribution is 5.50. The van der Waals surface area contributed by atoms with E-state index in [2.05, 4.69) is 9.97 Å². The second kappa shape index (κ2) is 5.32. The standard InChI is InChI=1S/C13H10N4O3/c1-8-4-12(9(2)3-11(8)17(18)19)20-13-7-15-10(5-14)6-16-13/h3-4,6-7H,1-2H3. The fraction of sp³-hybridized carbons (Fsp3) is 0.154. The van der Waals surface area contributed by atoms with Crippen molar-refractivity contribution in [3.8, 4) is 17.7 Å². The van der Waals surface area contributed by atoms with Crippen molar-refractivity contribution in [3.05, 3.63) is 51.5 Å². The summed E-state index contributed by atoms with van der Waals surface area (Å²) in [7, 11) is 0. The SMILES string of the molecule is Cc1cc([N+](=O)[O-])c(C)cc1Oc1cnc(C#N)cn1. The normalized spacial score (nSPS) is 9.85. The monoisotopic (exact) mass is 270 g/mol. The second-order valence-corrected chi connectivity index (χ2v) is 4.12. The Kier molecular flexibility index (Phi) is 3.57. The average Bonchev–Trinajstić information content (AvgIpc) is 2.43. The number of benzene rings is 1. The highest BCUT2D eigenvalue weighted by Crippen LogP contribution is 2.30. The largest absolute Gasteiger partial charge is 0.437 e. The molecule has 0 bridgehead atoms. The van der Waals surface area contributed by atoms with Crippen molar-refractivity contribution in [2.75, 3.05) is 0 Å². The van der Waals surface area contributed by atoms with Gasteiger partial charge in [0.2, 0.25) is 5.88 Å². The Bertz CT molecular complexity index is 705. The lowest BCUT2D eigenvalue weighted by molar-refractivity contribution is -0.385. The molecule has 0 amide bonds. The molecule has 0 saturated carbocycles. The molecule has 100 valence electrons. The first-order chi connectivity index (χ1) is 9.51. The summed E-state index contributed by atoms with van der Waals surface area (Å²) >= 11 is 0. The minimum atomic E-state index is -0.437. The van der Waals surface area contributed by atoms with Crippen LogP contribution in [0.2, 0.25) is 0 Å². The van der Waals surface area contributed by atoms with Crippen LogP contribution in [0.3, 0.4) is 0 Å². The van der Waals surface area contributed by atoms with E-state index in [0.29, 0.717) is 16.9 Å². The van der Waals surface area contributed by atoms with Gasteiger partial charge >= 0.3 is 0 Å². The Balaban J connectivity index is 2.31. The molecule has 1 aromatic carbocycles. The number of nitro benzene ring substituents is 1. The van der Waals surface area contributed by atoms with Gasteiger partial charge in [-0.15, -0.1) is 0 Å². The molecular weight excluding hydrogens is 260 g/mol. The minimum absolute atomic E-state index is 0.0424. The number of ether oxygens (including phenoxy) is 1. The van der Waals surface area contributed by atoms with Gasteiger partial charge in [0.15, 0.2) is 5.69 Å². The van der Waals surface area contributed by atoms with Crippen molar-refractivity contribution >= 4 is 5.69 Å². The number of hydrogen-bond acceptors (Lipinski definition) is 6. The van der Waals surface area contributed by atoms with E-state index in [-0.39, 0.29) is 17.3 Å². The molecule has 7 heteroatoms. The van der Waals surface area contributed by atoms with Crippen LogP contribution in [0, 0.1) is 35.3 Å². The van der Waals surface area contributed by atoms with Gasteiger partial charge in [-0.1, -0.05) is 0 Å². The van der Waals surface area contributed by atoms with Gasteiger partial charge in [-0.3, -0.25) is 10.1 Å². The van der Waals surface area contributed by atoms with Crippen molar-refractivity contribution < 1.29 is 9.66 Å². The summed E-state index contributed by atoms with van der Waals surface area (Å²) < 4.78 is 5.52. The molecule has 0 aliphatic rings. The smallest absolute Gasteiger partial charge is 0.272 e. The number of aromatic nitrogens is 2. The molecule has 0 fully saturated rings. The molecular formula is C13H10N4O3. The molecule has 1 heterocycles. The maximum Gasteiger partial charge on any atom is 0.272 e. The van der Waals surface area contributed by atoms with E-state index in [9.17, 15) is 10.1 Å². The first kappa shape index (κ1) is 13.4. The molecule has 2 aromatic rings. The molecule has 0 radical (unpaired) electrons. The maximum atomic E-state index is 10.8. The molecule has 0 atom stereocenters. The number of nitrogens with zero attached hydrogens (tertiary/aromatic N) is 4. The third-order valence-corrected chi connectivity index (χ3v) is 2.65. The lowest BCUT2D eigenvalue weighted by Crippen LogP contribution is -1.96. The first-order valence-electron chi connectivity index (χ1n) is 5.67. The lowest BCUT2D eigenvalue weighted by atomic mass is 10.1. The highest BCUT2D eigenvalue weighted by atomic mass is 16.6. The zero-order valence-electron chi connectivity index (χ0n) is 10.8. The molecule has 7 nitrogen and oxygen atoms in total. The van der Waals surface area contributed by atoms with Gasteiger partial charge in [-0.2, -0.15) is 5.26 Å². The molecule has 0 N–H and O–H groups in total. The van der Waals surface area contributed by atoms with Crippen LogP contribution >= 0.6 is 0 Å². The van der Waals surface area contributed by atoms with Crippen LogP contribution in [-0.2, 0) is 0 Å². The van der Waals surface area contributed by atoms with E-state index in [1.165, 1.54) is 18.5 Å². The van der Waals surface area contributed by atoms with Crippen LogP contribution in [-0.4, -0.2) is 14.9 Å². The maximum absolute atomic E-state index is 10.8. The molecule has 0 spiro atoms. The molecule has 2 rings (SSSR count). The van der Waals surface area contributed by atoms with Gasteiger partial charge in [0, 0.05) is 11.6 Å². The Morgan fingerprint density at radius 1 is 1.25 bits per heavy atom. The highest BCUT2D eigenvalue weighted by Gasteiger charge is 2.14. The van der Waals surface area contributed by atoms with Gasteiger partial charge in [-0.05, 0) is 25.5 Å². The topological polar surface area (TPSA) is 102 Å². The van der Waals surface area contributed by atoms with Gasteiger partial charge in [0.05, 0.1) is 17.3 Å². The summed E-state index contributed by atoms with van der Waals surface area (Å²) in [5.74, 6) is 0.687. The number of aryl methyl sites for hydroxylation is 2. The molecule has 0 saturated heterocycles. The summed E-state index contributed by atoms with van der Waals surface area (Å²) in [6.07, 6.45) is 2.62. The number of nitro groups is 1. The van der Waals surface area contributed by atoms with Gasteiger partial charge in [-0.25, -0.2) is 9.97 Å². The Hall–Kier alpha value is -3.01. The van der Waals surface area contributed by atoms with Crippen LogP contribution < -0.4 is 4.74 Å². The number of hydrogen-bond donors (Lipinski definition) is 0. The molecule has 0 aliphatic heterocycles. The van der Waals surface area contributed by atoms with Gasteiger partial charge in [0.1, 0.15) is 11.8 Å². The van der Waals surface area contributed by atoms with Crippen LogP contribution in [0.25, 0.3) is 0 Å². The van der Waals surface area contributed by atoms with Crippen molar-refractivity contribution in [1.82, 2.24) is 9.97 Å². The van der Waals surface area contributed by atoms with E-state index in [1.807, 2.05) is 6.07 Å². The van der Waals surface area contributed by atoms with Gasteiger partial charge < -0.3 is 4.74 Å². The van der Waals surface area contributed by atoms with E-state index >= 15 is 0 Å². The van der Waals surface area contributed by atoms with Crippen LogP contribution in [0.15, 0.2) is 24.5 Å². The molecule has 20 heavy (non-hydrogen) atoms. The fourth-order valence-electron chi connectivity index (χ4n) is 1.62. The average molecular weight is 270 g/mol. The van der Waals surface area contributed by atoms with Crippen molar-refractivity contribution in [1.29, 1.82) is 5.26 Å². The third-order valence-electron chi connectivity index (χ3n) is 2.65. The number of rotatable bonds is 3. The molecule has 1 aromatic heterocycles. The predicted molar refractivity (Wildman–Crippen MR) is 69.4 cm³/mol. The van der Waals surface area contributed by atoms with Crippen molar-refractivity contribution in [2.45, 2.75) is 13.8 Å². The van der Waals surface area contributed by atoms with Crippen LogP contribution in [0.1, 0.15) is 16.8 Å². The summed E-state index contributed by atoms with van der Waals surface area (Å²) in [6.45, 7) is 3.34. The van der Waals surface area contributed by atoms with Gasteiger partial charge in [0.25, 0.3) is 5.69 Å². The zero-order chi connectivity index (χ0) is 14.7. The second-order valence-electron chi connectivity index (χ2n) is 4.12. The Labute approximate surface area is 114 Å². The zero-order valence-corrected chi connectivity index (χ0v) is 10.8. The van der Waals surface area contributed by atoms with E-state index in [0.717, 1.165) is 0 Å². The quantitative estimate of drug-likeness (QED) is 0.627. The van der Waals surface area contributed by atoms with E-state index in [1.54, 1.807) is 19.9 Å². The van der Waals surface area contributed by atoms with Crippen molar-refractivity contribution in [3.63, 3.8) is 0 Å². The predicted octanol–water partition coefficient (Wildman–Crippen LogP) is 2.67. The first-order valence-corrected chi connectivity index (χ1v) is 5.67. The number of nitriles is 1. The van der Waals surface area contributed by atoms with E-state index in [4.69, 9.17) is 10.00 Å². The van der Waals surface area contributed by atoms with E-state index < -0.39 is 4.92 Å².